The molecule has 4 rings (SSSR count). The smallest absolute Gasteiger partial charge is 0.263 e. The SMILES string of the molecule is Cc1cc(Cl)ccc1NC(=O)Cn1c(C)nc2sc3c(c2c1=O)CCCC3. The van der Waals surface area contributed by atoms with E-state index < -0.39 is 0 Å². The van der Waals surface area contributed by atoms with Gasteiger partial charge in [-0.25, -0.2) is 4.98 Å². The third-order valence-corrected chi connectivity index (χ3v) is 6.45. The number of benzene rings is 1. The highest BCUT2D eigenvalue weighted by Gasteiger charge is 2.22. The second-order valence-corrected chi connectivity index (χ2v) is 8.47. The number of hydrogen-bond acceptors (Lipinski definition) is 4. The third-order valence-electron chi connectivity index (χ3n) is 5.03. The van der Waals surface area contributed by atoms with E-state index in [1.807, 2.05) is 6.92 Å². The minimum Gasteiger partial charge on any atom is -0.324 e. The molecule has 0 saturated carbocycles. The second-order valence-electron chi connectivity index (χ2n) is 6.95. The number of fused-ring (bicyclic) bond motifs is 3. The molecule has 27 heavy (non-hydrogen) atoms. The van der Waals surface area contributed by atoms with Crippen LogP contribution in [0, 0.1) is 13.8 Å². The summed E-state index contributed by atoms with van der Waals surface area (Å²) in [5, 5.41) is 4.19. The van der Waals surface area contributed by atoms with Crippen LogP contribution in [-0.4, -0.2) is 15.5 Å². The summed E-state index contributed by atoms with van der Waals surface area (Å²) in [7, 11) is 0. The number of hydrogen-bond donors (Lipinski definition) is 1. The van der Waals surface area contributed by atoms with E-state index in [0.717, 1.165) is 41.6 Å². The first kappa shape index (κ1) is 18.2. The molecule has 0 aliphatic heterocycles. The molecular weight excluding hydrogens is 382 g/mol. The van der Waals surface area contributed by atoms with Gasteiger partial charge in [-0.15, -0.1) is 11.3 Å². The molecule has 0 saturated heterocycles. The minimum atomic E-state index is -0.254. The van der Waals surface area contributed by atoms with Crippen molar-refractivity contribution in [2.24, 2.45) is 0 Å². The van der Waals surface area contributed by atoms with Crippen LogP contribution in [0.1, 0.15) is 34.7 Å². The normalized spacial score (nSPS) is 13.6. The summed E-state index contributed by atoms with van der Waals surface area (Å²) in [6, 6.07) is 5.29. The van der Waals surface area contributed by atoms with E-state index in [9.17, 15) is 9.59 Å². The van der Waals surface area contributed by atoms with E-state index in [1.165, 1.54) is 9.44 Å². The van der Waals surface area contributed by atoms with Crippen molar-refractivity contribution in [3.8, 4) is 0 Å². The number of thiophene rings is 1. The van der Waals surface area contributed by atoms with Crippen LogP contribution >= 0.6 is 22.9 Å². The number of carbonyl (C=O) groups is 1. The molecule has 0 unspecified atom stereocenters. The molecule has 1 aromatic carbocycles. The molecule has 0 radical (unpaired) electrons. The van der Waals surface area contributed by atoms with Gasteiger partial charge in [-0.2, -0.15) is 0 Å². The molecule has 0 spiro atoms. The van der Waals surface area contributed by atoms with Gasteiger partial charge in [0.1, 0.15) is 17.2 Å². The summed E-state index contributed by atoms with van der Waals surface area (Å²) < 4.78 is 1.48. The lowest BCUT2D eigenvalue weighted by molar-refractivity contribution is -0.116. The maximum atomic E-state index is 13.1. The second kappa shape index (κ2) is 7.09. The lowest BCUT2D eigenvalue weighted by Gasteiger charge is -2.13. The zero-order valence-corrected chi connectivity index (χ0v) is 16.8. The largest absolute Gasteiger partial charge is 0.324 e. The first-order valence-electron chi connectivity index (χ1n) is 9.01. The topological polar surface area (TPSA) is 64.0 Å². The molecule has 5 nitrogen and oxygen atoms in total. The van der Waals surface area contributed by atoms with Crippen LogP contribution in [0.25, 0.3) is 10.2 Å². The number of nitrogens with zero attached hydrogens (tertiary/aromatic N) is 2. The standard InChI is InChI=1S/C20H20ClN3O2S/c1-11-9-13(21)7-8-15(11)23-17(25)10-24-12(2)22-19-18(20(24)26)14-5-3-4-6-16(14)27-19/h7-9H,3-6,10H2,1-2H3,(H,23,25). The molecule has 1 aliphatic carbocycles. The first-order valence-corrected chi connectivity index (χ1v) is 10.2. The number of rotatable bonds is 3. The highest BCUT2D eigenvalue weighted by molar-refractivity contribution is 7.18. The summed E-state index contributed by atoms with van der Waals surface area (Å²) in [5.74, 6) is 0.310. The van der Waals surface area contributed by atoms with Gasteiger partial charge in [0.05, 0.1) is 5.39 Å². The van der Waals surface area contributed by atoms with E-state index in [-0.39, 0.29) is 18.0 Å². The van der Waals surface area contributed by atoms with Gasteiger partial charge in [0.25, 0.3) is 5.56 Å². The molecule has 0 bridgehead atoms. The predicted molar refractivity (Wildman–Crippen MR) is 110 cm³/mol. The molecule has 140 valence electrons. The number of aromatic nitrogens is 2. The number of amides is 1. The molecule has 2 heterocycles. The van der Waals surface area contributed by atoms with Gasteiger partial charge in [0.15, 0.2) is 0 Å². The Labute approximate surface area is 166 Å². The Morgan fingerprint density at radius 2 is 2.07 bits per heavy atom. The minimum absolute atomic E-state index is 0.0553. The number of aryl methyl sites for hydroxylation is 4. The summed E-state index contributed by atoms with van der Waals surface area (Å²) in [6.07, 6.45) is 4.20. The van der Waals surface area contributed by atoms with Crippen molar-refractivity contribution >= 4 is 44.7 Å². The first-order chi connectivity index (χ1) is 12.9. The van der Waals surface area contributed by atoms with Crippen LogP contribution in [0.3, 0.4) is 0 Å². The van der Waals surface area contributed by atoms with Gasteiger partial charge in [-0.05, 0) is 68.9 Å². The van der Waals surface area contributed by atoms with Gasteiger partial charge in [-0.3, -0.25) is 14.2 Å². The summed E-state index contributed by atoms with van der Waals surface area (Å²) >= 11 is 7.59. The van der Waals surface area contributed by atoms with Gasteiger partial charge >= 0.3 is 0 Å². The van der Waals surface area contributed by atoms with Gasteiger partial charge in [0.2, 0.25) is 5.91 Å². The Bertz CT molecular complexity index is 1120. The van der Waals surface area contributed by atoms with E-state index in [4.69, 9.17) is 11.6 Å². The summed E-state index contributed by atoms with van der Waals surface area (Å²) in [4.78, 5) is 32.4. The quantitative estimate of drug-likeness (QED) is 0.713. The van der Waals surface area contributed by atoms with Crippen molar-refractivity contribution in [1.82, 2.24) is 9.55 Å². The van der Waals surface area contributed by atoms with Crippen molar-refractivity contribution in [1.29, 1.82) is 0 Å². The van der Waals surface area contributed by atoms with E-state index in [1.54, 1.807) is 36.5 Å². The average molecular weight is 402 g/mol. The number of carbonyl (C=O) groups excluding carboxylic acids is 1. The zero-order valence-electron chi connectivity index (χ0n) is 15.3. The van der Waals surface area contributed by atoms with E-state index >= 15 is 0 Å². The summed E-state index contributed by atoms with van der Waals surface area (Å²) in [6.45, 7) is 3.60. The predicted octanol–water partition coefficient (Wildman–Crippen LogP) is 4.25. The van der Waals surface area contributed by atoms with E-state index in [2.05, 4.69) is 10.3 Å². The molecular formula is C20H20ClN3O2S. The van der Waals surface area contributed by atoms with Crippen molar-refractivity contribution in [3.05, 3.63) is 55.4 Å². The van der Waals surface area contributed by atoms with Crippen LogP contribution in [0.15, 0.2) is 23.0 Å². The zero-order chi connectivity index (χ0) is 19.1. The highest BCUT2D eigenvalue weighted by Crippen LogP contribution is 2.33. The van der Waals surface area contributed by atoms with Crippen molar-refractivity contribution in [3.63, 3.8) is 0 Å². The monoisotopic (exact) mass is 401 g/mol. The molecule has 1 N–H and O–H groups in total. The van der Waals surface area contributed by atoms with Crippen LogP contribution < -0.4 is 10.9 Å². The van der Waals surface area contributed by atoms with E-state index in [0.29, 0.717) is 21.9 Å². The van der Waals surface area contributed by atoms with Crippen molar-refractivity contribution in [2.45, 2.75) is 46.1 Å². The van der Waals surface area contributed by atoms with Crippen molar-refractivity contribution in [2.75, 3.05) is 5.32 Å². The molecule has 0 fully saturated rings. The van der Waals surface area contributed by atoms with Crippen LogP contribution in [0.2, 0.25) is 5.02 Å². The average Bonchev–Trinajstić information content (AvgIpc) is 2.99. The highest BCUT2D eigenvalue weighted by atomic mass is 35.5. The maximum absolute atomic E-state index is 13.1. The molecule has 2 aromatic heterocycles. The van der Waals surface area contributed by atoms with Crippen LogP contribution in [0.4, 0.5) is 5.69 Å². The number of anilines is 1. The molecule has 3 aromatic rings. The Hall–Kier alpha value is -2.18. The number of halogens is 1. The Morgan fingerprint density at radius 3 is 2.85 bits per heavy atom. The van der Waals surface area contributed by atoms with Crippen LogP contribution in [0.5, 0.6) is 0 Å². The Kier molecular flexibility index (Phi) is 4.78. The lowest BCUT2D eigenvalue weighted by atomic mass is 9.97. The maximum Gasteiger partial charge on any atom is 0.263 e. The number of nitrogens with one attached hydrogen (secondary N) is 1. The fourth-order valence-corrected chi connectivity index (χ4v) is 5.15. The Balaban J connectivity index is 1.67. The third kappa shape index (κ3) is 3.39. The fourth-order valence-electron chi connectivity index (χ4n) is 3.63. The molecule has 7 heteroatoms. The van der Waals surface area contributed by atoms with Gasteiger partial charge in [0, 0.05) is 15.6 Å². The molecule has 1 aliphatic rings. The van der Waals surface area contributed by atoms with Crippen LogP contribution in [-0.2, 0) is 24.2 Å². The van der Waals surface area contributed by atoms with Gasteiger partial charge in [-0.1, -0.05) is 11.6 Å². The fraction of sp³-hybridized carbons (Fsp3) is 0.350. The Morgan fingerprint density at radius 1 is 1.30 bits per heavy atom. The lowest BCUT2D eigenvalue weighted by Crippen LogP contribution is -2.30. The van der Waals surface area contributed by atoms with Gasteiger partial charge < -0.3 is 5.32 Å². The molecule has 1 amide bonds. The van der Waals surface area contributed by atoms with Crippen molar-refractivity contribution < 1.29 is 4.79 Å². The molecule has 0 atom stereocenters. The summed E-state index contributed by atoms with van der Waals surface area (Å²) in [5.41, 5.74) is 2.60.